The second-order valence-corrected chi connectivity index (χ2v) is 7.39. The first kappa shape index (κ1) is 17.5. The van der Waals surface area contributed by atoms with E-state index in [1.165, 1.54) is 11.8 Å². The lowest BCUT2D eigenvalue weighted by Gasteiger charge is -2.12. The highest BCUT2D eigenvalue weighted by molar-refractivity contribution is 8.00. The quantitative estimate of drug-likeness (QED) is 0.690. The van der Waals surface area contributed by atoms with E-state index in [0.29, 0.717) is 16.0 Å². The van der Waals surface area contributed by atoms with Gasteiger partial charge in [0.2, 0.25) is 5.91 Å². The van der Waals surface area contributed by atoms with E-state index in [9.17, 15) is 4.79 Å². The summed E-state index contributed by atoms with van der Waals surface area (Å²) in [6, 6.07) is 15.4. The van der Waals surface area contributed by atoms with Crippen molar-refractivity contribution in [1.82, 2.24) is 14.8 Å². The van der Waals surface area contributed by atoms with Crippen LogP contribution in [-0.2, 0) is 4.79 Å². The number of amides is 1. The van der Waals surface area contributed by atoms with Gasteiger partial charge >= 0.3 is 0 Å². The number of rotatable bonds is 5. The molecule has 0 fully saturated rings. The Labute approximate surface area is 155 Å². The van der Waals surface area contributed by atoms with E-state index in [0.717, 1.165) is 16.8 Å². The predicted octanol–water partition coefficient (Wildman–Crippen LogP) is 3.86. The van der Waals surface area contributed by atoms with E-state index >= 15 is 0 Å². The van der Waals surface area contributed by atoms with Crippen molar-refractivity contribution < 1.29 is 4.79 Å². The minimum Gasteiger partial charge on any atom is -0.369 e. The summed E-state index contributed by atoms with van der Waals surface area (Å²) in [7, 11) is 0. The van der Waals surface area contributed by atoms with Crippen molar-refractivity contribution in [2.45, 2.75) is 24.3 Å². The number of aromatic nitrogens is 3. The number of carbonyl (C=O) groups excluding carboxylic acids is 1. The Morgan fingerprint density at radius 2 is 1.92 bits per heavy atom. The molecule has 128 valence electrons. The molecule has 0 aliphatic carbocycles. The Hall–Kier alpha value is -2.31. The standard InChI is InChI=1S/C18H17ClN4OS/c1-11-4-3-5-15(10-11)23-17(13-6-8-14(19)9-7-13)21-22-18(23)25-12(2)16(20)24/h3-10,12H,1-2H3,(H2,20,24)/t12-/m0/s1. The molecule has 0 spiro atoms. The number of hydrogen-bond donors (Lipinski definition) is 1. The van der Waals surface area contributed by atoms with Crippen LogP contribution in [0.3, 0.4) is 0 Å². The minimum absolute atomic E-state index is 0.392. The van der Waals surface area contributed by atoms with Crippen LogP contribution in [0.1, 0.15) is 12.5 Å². The summed E-state index contributed by atoms with van der Waals surface area (Å²) in [6.07, 6.45) is 0. The molecule has 0 unspecified atom stereocenters. The smallest absolute Gasteiger partial charge is 0.230 e. The fraction of sp³-hybridized carbons (Fsp3) is 0.167. The van der Waals surface area contributed by atoms with Crippen molar-refractivity contribution in [2.24, 2.45) is 5.73 Å². The molecule has 3 aromatic rings. The van der Waals surface area contributed by atoms with Gasteiger partial charge in [0.1, 0.15) is 0 Å². The highest BCUT2D eigenvalue weighted by Crippen LogP contribution is 2.30. The number of benzene rings is 2. The van der Waals surface area contributed by atoms with Crippen LogP contribution in [0.5, 0.6) is 0 Å². The molecule has 1 heterocycles. The van der Waals surface area contributed by atoms with E-state index in [1.54, 1.807) is 6.92 Å². The van der Waals surface area contributed by atoms with Crippen LogP contribution in [-0.4, -0.2) is 25.9 Å². The summed E-state index contributed by atoms with van der Waals surface area (Å²) in [5.41, 5.74) is 8.33. The summed E-state index contributed by atoms with van der Waals surface area (Å²) < 4.78 is 1.93. The van der Waals surface area contributed by atoms with Crippen molar-refractivity contribution >= 4 is 29.3 Å². The van der Waals surface area contributed by atoms with Crippen molar-refractivity contribution in [2.75, 3.05) is 0 Å². The molecule has 7 heteroatoms. The van der Waals surface area contributed by atoms with Crippen LogP contribution in [0.15, 0.2) is 53.7 Å². The highest BCUT2D eigenvalue weighted by Gasteiger charge is 2.20. The number of hydrogen-bond acceptors (Lipinski definition) is 4. The lowest BCUT2D eigenvalue weighted by Crippen LogP contribution is -2.23. The zero-order valence-corrected chi connectivity index (χ0v) is 15.4. The molecule has 0 bridgehead atoms. The van der Waals surface area contributed by atoms with E-state index in [1.807, 2.05) is 60.0 Å². The predicted molar refractivity (Wildman–Crippen MR) is 101 cm³/mol. The fourth-order valence-corrected chi connectivity index (χ4v) is 3.29. The summed E-state index contributed by atoms with van der Waals surface area (Å²) in [6.45, 7) is 3.78. The third kappa shape index (κ3) is 3.86. The minimum atomic E-state index is -0.411. The fourth-order valence-electron chi connectivity index (χ4n) is 2.35. The Kier molecular flexibility index (Phi) is 5.11. The average molecular weight is 373 g/mol. The third-order valence-corrected chi connectivity index (χ3v) is 4.99. The zero-order chi connectivity index (χ0) is 18.0. The second-order valence-electron chi connectivity index (χ2n) is 5.65. The molecule has 0 aliphatic rings. The number of halogens is 1. The van der Waals surface area contributed by atoms with Gasteiger partial charge in [-0.05, 0) is 55.8 Å². The van der Waals surface area contributed by atoms with Crippen LogP contribution >= 0.6 is 23.4 Å². The first-order valence-electron chi connectivity index (χ1n) is 7.70. The van der Waals surface area contributed by atoms with E-state index in [2.05, 4.69) is 10.2 Å². The normalized spacial score (nSPS) is 12.1. The van der Waals surface area contributed by atoms with Crippen molar-refractivity contribution in [1.29, 1.82) is 0 Å². The Morgan fingerprint density at radius 3 is 2.56 bits per heavy atom. The number of thioether (sulfide) groups is 1. The maximum Gasteiger partial charge on any atom is 0.230 e. The largest absolute Gasteiger partial charge is 0.369 e. The molecule has 0 aliphatic heterocycles. The van der Waals surface area contributed by atoms with Gasteiger partial charge in [-0.1, -0.05) is 35.5 Å². The molecule has 0 radical (unpaired) electrons. The number of nitrogens with two attached hydrogens (primary N) is 1. The van der Waals surface area contributed by atoms with Crippen LogP contribution in [0.25, 0.3) is 17.1 Å². The van der Waals surface area contributed by atoms with Crippen LogP contribution in [0, 0.1) is 6.92 Å². The summed E-state index contributed by atoms with van der Waals surface area (Å²) in [4.78, 5) is 11.4. The van der Waals surface area contributed by atoms with E-state index in [-0.39, 0.29) is 0 Å². The SMILES string of the molecule is Cc1cccc(-n2c(S[C@@H](C)C(N)=O)nnc2-c2ccc(Cl)cc2)c1. The molecule has 2 aromatic carbocycles. The lowest BCUT2D eigenvalue weighted by atomic mass is 10.2. The van der Waals surface area contributed by atoms with Gasteiger partial charge < -0.3 is 5.73 Å². The number of carbonyl (C=O) groups is 1. The molecule has 0 saturated carbocycles. The van der Waals surface area contributed by atoms with Crippen LogP contribution < -0.4 is 5.73 Å². The van der Waals surface area contributed by atoms with Gasteiger partial charge in [-0.15, -0.1) is 10.2 Å². The molecule has 3 rings (SSSR count). The van der Waals surface area contributed by atoms with Crippen LogP contribution in [0.2, 0.25) is 5.02 Å². The zero-order valence-electron chi connectivity index (χ0n) is 13.8. The molecule has 0 saturated heterocycles. The van der Waals surface area contributed by atoms with Gasteiger partial charge in [-0.25, -0.2) is 0 Å². The molecule has 1 amide bonds. The number of primary amides is 1. The summed E-state index contributed by atoms with van der Waals surface area (Å²) >= 11 is 7.27. The first-order valence-corrected chi connectivity index (χ1v) is 8.96. The van der Waals surface area contributed by atoms with E-state index < -0.39 is 11.2 Å². The molecule has 1 aromatic heterocycles. The van der Waals surface area contributed by atoms with Crippen LogP contribution in [0.4, 0.5) is 0 Å². The molecule has 25 heavy (non-hydrogen) atoms. The number of nitrogens with zero attached hydrogens (tertiary/aromatic N) is 3. The van der Waals surface area contributed by atoms with Gasteiger partial charge in [0.25, 0.3) is 0 Å². The van der Waals surface area contributed by atoms with Crippen molar-refractivity contribution in [3.63, 3.8) is 0 Å². The van der Waals surface area contributed by atoms with Gasteiger partial charge in [0, 0.05) is 16.3 Å². The molecule has 1 atom stereocenters. The maximum absolute atomic E-state index is 11.4. The van der Waals surface area contributed by atoms with Crippen molar-refractivity contribution in [3.05, 3.63) is 59.1 Å². The lowest BCUT2D eigenvalue weighted by molar-refractivity contribution is -0.117. The maximum atomic E-state index is 11.4. The monoisotopic (exact) mass is 372 g/mol. The Balaban J connectivity index is 2.14. The topological polar surface area (TPSA) is 73.8 Å². The van der Waals surface area contributed by atoms with Gasteiger partial charge in [-0.3, -0.25) is 9.36 Å². The molecule has 5 nitrogen and oxygen atoms in total. The van der Waals surface area contributed by atoms with Gasteiger partial charge in [0.05, 0.1) is 5.25 Å². The number of aryl methyl sites for hydroxylation is 1. The van der Waals surface area contributed by atoms with Gasteiger partial charge in [0.15, 0.2) is 11.0 Å². The highest BCUT2D eigenvalue weighted by atomic mass is 35.5. The molecule has 2 N–H and O–H groups in total. The van der Waals surface area contributed by atoms with E-state index in [4.69, 9.17) is 17.3 Å². The Morgan fingerprint density at radius 1 is 1.20 bits per heavy atom. The summed E-state index contributed by atoms with van der Waals surface area (Å²) in [5, 5.41) is 9.47. The Bertz CT molecular complexity index is 908. The molecular weight excluding hydrogens is 356 g/mol. The van der Waals surface area contributed by atoms with Gasteiger partial charge in [-0.2, -0.15) is 0 Å². The van der Waals surface area contributed by atoms with Crippen molar-refractivity contribution in [3.8, 4) is 17.1 Å². The summed E-state index contributed by atoms with van der Waals surface area (Å²) in [5.74, 6) is 0.290. The third-order valence-electron chi connectivity index (χ3n) is 3.68. The average Bonchev–Trinajstić information content (AvgIpc) is 2.99. The molecular formula is C18H17ClN4OS. The second kappa shape index (κ2) is 7.29. The first-order chi connectivity index (χ1) is 12.0.